The van der Waals surface area contributed by atoms with Crippen molar-refractivity contribution in [1.29, 1.82) is 0 Å². The van der Waals surface area contributed by atoms with Crippen LogP contribution in [0.1, 0.15) is 47.9 Å². The van der Waals surface area contributed by atoms with E-state index in [1.54, 1.807) is 38.2 Å². The molecule has 6 unspecified atom stereocenters. The van der Waals surface area contributed by atoms with Gasteiger partial charge in [-0.25, -0.2) is 9.80 Å². The molecule has 9 rings (SSSR count). The number of nitrogens with zero attached hydrogens (tertiary/aromatic N) is 4. The second-order valence-electron chi connectivity index (χ2n) is 16.2. The van der Waals surface area contributed by atoms with E-state index in [4.69, 9.17) is 21.4 Å². The molecule has 1 saturated carbocycles. The van der Waals surface area contributed by atoms with Gasteiger partial charge in [-0.15, -0.1) is 11.3 Å². The number of aromatic nitrogens is 2. The topological polar surface area (TPSA) is 122 Å². The van der Waals surface area contributed by atoms with Gasteiger partial charge in [-0.05, 0) is 120 Å². The van der Waals surface area contributed by atoms with E-state index < -0.39 is 87.8 Å². The minimum Gasteiger partial charge on any atom is -0.504 e. The third-order valence-corrected chi connectivity index (χ3v) is 15.3. The minimum atomic E-state index is -5.24. The molecule has 5 aromatic rings. The fraction of sp³-hybridized carbons (Fsp3) is 0.326. The Bertz CT molecular complexity index is 2820. The van der Waals surface area contributed by atoms with Gasteiger partial charge in [0.05, 0.1) is 55.5 Å². The minimum absolute atomic E-state index is 0.0525. The van der Waals surface area contributed by atoms with Crippen LogP contribution >= 0.6 is 45.5 Å². The number of ether oxygens (including phenoxy) is 1. The van der Waals surface area contributed by atoms with Gasteiger partial charge < -0.3 is 9.84 Å². The SMILES string of the molecule is COc1cc(C2C3=CCC4C(=O)N(c5cc(C(F)(F)F)cc(C(F)(F)F)c5)C(=O)C4C3CC3C(=O)N(c4cc(-c5sc6ccc(Cl)cc6c5C)nn4C)C(=O)C32C)cc(I)c1O. The summed E-state index contributed by atoms with van der Waals surface area (Å²) in [5, 5.41) is 17.0. The van der Waals surface area contributed by atoms with Crippen molar-refractivity contribution in [2.75, 3.05) is 16.9 Å². The third-order valence-electron chi connectivity index (χ3n) is 12.9. The molecule has 6 atom stereocenters. The van der Waals surface area contributed by atoms with Crippen molar-refractivity contribution < 1.29 is 55.4 Å². The standard InChI is InChI=1S/C43H32ClF6IN4O6S/c1-17-25-14-21(44)5-8-31(25)62-36(17)29-16-32(53(3)52-29)55-38(58)27-15-26-23(34(41(27,2)40(55)60)18-9-28(51)35(56)30(10-18)61-4)6-7-24-33(26)39(59)54(37(24)57)22-12-19(42(45,46)47)11-20(13-22)43(48,49)50/h5-6,8-14,16,24,26-27,33-34,56H,7,15H2,1-4H3. The van der Waals surface area contributed by atoms with Crippen LogP contribution in [0.2, 0.25) is 5.02 Å². The van der Waals surface area contributed by atoms with Gasteiger partial charge in [0.2, 0.25) is 23.6 Å². The van der Waals surface area contributed by atoms with Crippen molar-refractivity contribution in [1.82, 2.24) is 9.78 Å². The number of imide groups is 2. The first-order chi connectivity index (χ1) is 29.1. The number of methoxy groups -OCH3 is 1. The normalized spacial score (nSPS) is 25.1. The van der Waals surface area contributed by atoms with Crippen LogP contribution in [0.3, 0.4) is 0 Å². The number of phenols is 1. The molecule has 0 spiro atoms. The van der Waals surface area contributed by atoms with Crippen LogP contribution in [-0.4, -0.2) is 45.6 Å². The molecule has 4 heterocycles. The molecule has 2 saturated heterocycles. The lowest BCUT2D eigenvalue weighted by Gasteiger charge is -2.49. The maximum absolute atomic E-state index is 15.2. The van der Waals surface area contributed by atoms with Gasteiger partial charge in [0.25, 0.3) is 0 Å². The molecule has 0 radical (unpaired) electrons. The van der Waals surface area contributed by atoms with Crippen LogP contribution in [-0.2, 0) is 38.6 Å². The van der Waals surface area contributed by atoms with Gasteiger partial charge in [0.1, 0.15) is 11.5 Å². The van der Waals surface area contributed by atoms with E-state index in [-0.39, 0.29) is 36.2 Å². The summed E-state index contributed by atoms with van der Waals surface area (Å²) < 4.78 is 91.9. The molecular weight excluding hydrogens is 977 g/mol. The fourth-order valence-corrected chi connectivity index (χ4v) is 12.0. The second-order valence-corrected chi connectivity index (χ2v) is 18.8. The Morgan fingerprint density at radius 1 is 0.919 bits per heavy atom. The summed E-state index contributed by atoms with van der Waals surface area (Å²) in [6.07, 6.45) is -9.09. The number of hydrogen-bond donors (Lipinski definition) is 1. The lowest BCUT2D eigenvalue weighted by atomic mass is 9.51. The van der Waals surface area contributed by atoms with E-state index in [1.807, 2.05) is 41.6 Å². The van der Waals surface area contributed by atoms with Crippen molar-refractivity contribution in [2.45, 2.75) is 45.0 Å². The number of aromatic hydroxyl groups is 1. The Hall–Kier alpha value is -4.95. The first-order valence-corrected chi connectivity index (χ1v) is 21.4. The summed E-state index contributed by atoms with van der Waals surface area (Å²) in [4.78, 5) is 61.1. The van der Waals surface area contributed by atoms with Crippen LogP contribution in [0.15, 0.2) is 66.2 Å². The second kappa shape index (κ2) is 14.3. The maximum atomic E-state index is 15.2. The number of rotatable bonds is 5. The molecule has 10 nitrogen and oxygen atoms in total. The average molecular weight is 1010 g/mol. The number of carbonyl (C=O) groups is 4. The third kappa shape index (κ3) is 6.20. The molecule has 62 heavy (non-hydrogen) atoms. The summed E-state index contributed by atoms with van der Waals surface area (Å²) in [5.74, 6) is -8.78. The van der Waals surface area contributed by atoms with Gasteiger partial charge in [0, 0.05) is 28.8 Å². The smallest absolute Gasteiger partial charge is 0.416 e. The quantitative estimate of drug-likeness (QED) is 0.0806. The van der Waals surface area contributed by atoms with Gasteiger partial charge in [0.15, 0.2) is 11.5 Å². The number of anilines is 2. The maximum Gasteiger partial charge on any atom is 0.416 e. The lowest BCUT2D eigenvalue weighted by molar-refractivity contribution is -0.143. The predicted molar refractivity (Wildman–Crippen MR) is 225 cm³/mol. The van der Waals surface area contributed by atoms with Gasteiger partial charge >= 0.3 is 12.4 Å². The molecule has 1 N–H and O–H groups in total. The zero-order valence-electron chi connectivity index (χ0n) is 32.8. The van der Waals surface area contributed by atoms with E-state index in [9.17, 15) is 45.8 Å². The summed E-state index contributed by atoms with van der Waals surface area (Å²) in [6.45, 7) is 3.56. The van der Waals surface area contributed by atoms with Crippen molar-refractivity contribution in [3.63, 3.8) is 0 Å². The van der Waals surface area contributed by atoms with E-state index in [0.29, 0.717) is 42.5 Å². The molecular formula is C43H32ClF6IN4O6S. The predicted octanol–water partition coefficient (Wildman–Crippen LogP) is 10.1. The number of benzene rings is 3. The van der Waals surface area contributed by atoms with Crippen molar-refractivity contribution >= 4 is 90.7 Å². The average Bonchev–Trinajstić information content (AvgIpc) is 3.88. The largest absolute Gasteiger partial charge is 0.504 e. The van der Waals surface area contributed by atoms with E-state index in [2.05, 4.69) is 0 Å². The highest BCUT2D eigenvalue weighted by Gasteiger charge is 2.68. The van der Waals surface area contributed by atoms with E-state index >= 15 is 4.79 Å². The van der Waals surface area contributed by atoms with Crippen LogP contribution < -0.4 is 14.5 Å². The Labute approximate surface area is 371 Å². The Kier molecular flexibility index (Phi) is 9.76. The van der Waals surface area contributed by atoms with E-state index in [0.717, 1.165) is 25.4 Å². The molecule has 19 heteroatoms. The zero-order chi connectivity index (χ0) is 44.7. The number of thiophene rings is 1. The van der Waals surface area contributed by atoms with E-state index in [1.165, 1.54) is 29.2 Å². The molecule has 2 aromatic heterocycles. The number of carbonyl (C=O) groups excluding carboxylic acids is 4. The van der Waals surface area contributed by atoms with Crippen LogP contribution in [0.5, 0.6) is 11.5 Å². The highest BCUT2D eigenvalue weighted by Crippen LogP contribution is 2.64. The van der Waals surface area contributed by atoms with Crippen molar-refractivity contribution in [3.8, 4) is 22.1 Å². The zero-order valence-corrected chi connectivity index (χ0v) is 36.5. The Balaban J connectivity index is 1.16. The van der Waals surface area contributed by atoms with Gasteiger partial charge in [-0.2, -0.15) is 31.4 Å². The van der Waals surface area contributed by atoms with Crippen LogP contribution in [0, 0.1) is 39.6 Å². The van der Waals surface area contributed by atoms with Crippen LogP contribution in [0.4, 0.5) is 37.8 Å². The van der Waals surface area contributed by atoms with Crippen molar-refractivity contribution in [3.05, 3.63) is 97.1 Å². The number of hydrogen-bond acceptors (Lipinski definition) is 8. The van der Waals surface area contributed by atoms with Gasteiger partial charge in [-0.3, -0.25) is 23.9 Å². The van der Waals surface area contributed by atoms with Crippen molar-refractivity contribution in [2.24, 2.45) is 36.1 Å². The number of halogens is 8. The lowest BCUT2D eigenvalue weighted by Crippen LogP contribution is -2.49. The molecule has 4 amide bonds. The number of aryl methyl sites for hydroxylation is 2. The Morgan fingerprint density at radius 3 is 2.24 bits per heavy atom. The summed E-state index contributed by atoms with van der Waals surface area (Å²) >= 11 is 9.64. The Morgan fingerprint density at radius 2 is 1.60 bits per heavy atom. The summed E-state index contributed by atoms with van der Waals surface area (Å²) in [5.41, 5.74) is -3.52. The fourth-order valence-electron chi connectivity index (χ4n) is 10.1. The molecule has 3 aromatic carbocycles. The highest BCUT2D eigenvalue weighted by molar-refractivity contribution is 14.1. The first kappa shape index (κ1) is 42.4. The number of alkyl halides is 6. The monoisotopic (exact) mass is 1010 g/mol. The highest BCUT2D eigenvalue weighted by atomic mass is 127. The molecule has 2 aliphatic heterocycles. The first-order valence-electron chi connectivity index (χ1n) is 19.1. The number of amides is 4. The molecule has 322 valence electrons. The molecule has 2 aliphatic carbocycles. The number of phenolic OH excluding ortho intramolecular Hbond substituents is 1. The summed E-state index contributed by atoms with van der Waals surface area (Å²) in [6, 6.07) is 10.9. The number of fused-ring (bicyclic) bond motifs is 5. The molecule has 0 bridgehead atoms. The van der Waals surface area contributed by atoms with Crippen LogP contribution in [0.25, 0.3) is 20.7 Å². The molecule has 3 fully saturated rings. The summed E-state index contributed by atoms with van der Waals surface area (Å²) in [7, 11) is 2.93. The molecule has 4 aliphatic rings. The number of allylic oxidation sites excluding steroid dienone is 2. The van der Waals surface area contributed by atoms with Gasteiger partial charge in [-0.1, -0.05) is 23.3 Å².